The molecule has 8 nitrogen and oxygen atoms in total. The number of nitrogens with one attached hydrogen (secondary N) is 1. The van der Waals surface area contributed by atoms with Crippen LogP contribution in [0.5, 0.6) is 10.9 Å². The molecule has 1 aliphatic carbocycles. The summed E-state index contributed by atoms with van der Waals surface area (Å²) in [6.45, 7) is 3.31. The zero-order valence-electron chi connectivity index (χ0n) is 16.0. The Balaban J connectivity index is 1.69. The molecule has 1 N–H and O–H groups in total. The second-order valence-corrected chi connectivity index (χ2v) is 7.56. The molecule has 0 radical (unpaired) electrons. The molecule has 150 valence electrons. The number of ether oxygens (including phenoxy) is 2. The highest BCUT2D eigenvalue weighted by molar-refractivity contribution is 7.17. The van der Waals surface area contributed by atoms with E-state index in [2.05, 4.69) is 25.5 Å². The fourth-order valence-corrected chi connectivity index (χ4v) is 3.38. The van der Waals surface area contributed by atoms with E-state index < -0.39 is 11.7 Å². The quantitative estimate of drug-likeness (QED) is 0.657. The lowest BCUT2D eigenvalue weighted by Crippen LogP contribution is -2.14. The summed E-state index contributed by atoms with van der Waals surface area (Å²) in [6, 6.07) is 1.64. The van der Waals surface area contributed by atoms with Crippen molar-refractivity contribution in [2.24, 2.45) is 0 Å². The maximum atomic E-state index is 14.9. The molecule has 3 heterocycles. The van der Waals surface area contributed by atoms with Gasteiger partial charge in [0.05, 0.1) is 30.1 Å². The van der Waals surface area contributed by atoms with Crippen LogP contribution in [0.1, 0.15) is 34.6 Å². The number of halogens is 1. The first-order valence-corrected chi connectivity index (χ1v) is 9.75. The molecule has 0 aromatic carbocycles. The zero-order chi connectivity index (χ0) is 20.5. The van der Waals surface area contributed by atoms with Gasteiger partial charge in [0.15, 0.2) is 5.82 Å². The number of pyridine rings is 2. The molecule has 0 saturated heterocycles. The number of aryl methyl sites for hydroxylation is 2. The zero-order valence-corrected chi connectivity index (χ0v) is 16.8. The van der Waals surface area contributed by atoms with E-state index >= 15 is 0 Å². The second-order valence-electron chi connectivity index (χ2n) is 6.62. The van der Waals surface area contributed by atoms with Gasteiger partial charge >= 0.3 is 0 Å². The number of carbonyl (C=O) groups excluding carboxylic acids is 1. The highest BCUT2D eigenvalue weighted by Crippen LogP contribution is 2.36. The minimum atomic E-state index is -0.556. The normalized spacial score (nSPS) is 13.2. The third-order valence-corrected chi connectivity index (χ3v) is 5.08. The number of anilines is 1. The van der Waals surface area contributed by atoms with Crippen molar-refractivity contribution in [3.8, 4) is 22.1 Å². The van der Waals surface area contributed by atoms with Crippen molar-refractivity contribution in [3.63, 3.8) is 0 Å². The Hall–Kier alpha value is -3.14. The molecule has 4 rings (SSSR count). The van der Waals surface area contributed by atoms with Gasteiger partial charge in [-0.3, -0.25) is 20.1 Å². The number of rotatable bonds is 6. The SMILES string of the molecule is COc1cnc(C)c(F)c1-c1cc(C)ncc1C(=O)Nc1nnc(OC2CC2)s1. The average Bonchev–Trinajstić information content (AvgIpc) is 3.41. The monoisotopic (exact) mass is 415 g/mol. The maximum Gasteiger partial charge on any atom is 0.296 e. The fraction of sp³-hybridized carbons (Fsp3) is 0.316. The molecular weight excluding hydrogens is 397 g/mol. The van der Waals surface area contributed by atoms with Crippen molar-refractivity contribution in [2.45, 2.75) is 32.8 Å². The van der Waals surface area contributed by atoms with Gasteiger partial charge in [-0.1, -0.05) is 5.10 Å². The van der Waals surface area contributed by atoms with Gasteiger partial charge in [0.1, 0.15) is 11.9 Å². The lowest BCUT2D eigenvalue weighted by molar-refractivity contribution is 0.102. The summed E-state index contributed by atoms with van der Waals surface area (Å²) in [5.74, 6) is -0.818. The van der Waals surface area contributed by atoms with Crippen molar-refractivity contribution >= 4 is 22.4 Å². The van der Waals surface area contributed by atoms with Gasteiger partial charge in [0.25, 0.3) is 11.1 Å². The van der Waals surface area contributed by atoms with Crippen LogP contribution in [0.25, 0.3) is 11.1 Å². The van der Waals surface area contributed by atoms with Crippen LogP contribution in [0.4, 0.5) is 9.52 Å². The van der Waals surface area contributed by atoms with Gasteiger partial charge < -0.3 is 9.47 Å². The van der Waals surface area contributed by atoms with Crippen molar-refractivity contribution in [1.29, 1.82) is 0 Å². The molecule has 0 bridgehead atoms. The Morgan fingerprint density at radius 2 is 2.03 bits per heavy atom. The summed E-state index contributed by atoms with van der Waals surface area (Å²) in [6.07, 6.45) is 5.01. The van der Waals surface area contributed by atoms with Gasteiger partial charge in [-0.25, -0.2) is 4.39 Å². The van der Waals surface area contributed by atoms with Crippen LogP contribution in [0.3, 0.4) is 0 Å². The minimum Gasteiger partial charge on any atom is -0.494 e. The summed E-state index contributed by atoms with van der Waals surface area (Å²) in [4.78, 5) is 21.1. The van der Waals surface area contributed by atoms with Crippen LogP contribution < -0.4 is 14.8 Å². The Morgan fingerprint density at radius 1 is 1.24 bits per heavy atom. The van der Waals surface area contributed by atoms with Crippen molar-refractivity contribution in [3.05, 3.63) is 41.2 Å². The first-order chi connectivity index (χ1) is 14.0. The Morgan fingerprint density at radius 3 is 2.76 bits per heavy atom. The van der Waals surface area contributed by atoms with Gasteiger partial charge in [0, 0.05) is 17.5 Å². The van der Waals surface area contributed by atoms with E-state index in [1.54, 1.807) is 19.9 Å². The van der Waals surface area contributed by atoms with E-state index in [-0.39, 0.29) is 33.8 Å². The largest absolute Gasteiger partial charge is 0.494 e. The van der Waals surface area contributed by atoms with Crippen LogP contribution in [-0.4, -0.2) is 39.3 Å². The molecule has 1 amide bonds. The minimum absolute atomic E-state index is 0.158. The number of carbonyl (C=O) groups is 1. The van der Waals surface area contributed by atoms with E-state index in [9.17, 15) is 9.18 Å². The lowest BCUT2D eigenvalue weighted by Gasteiger charge is -2.14. The number of hydrogen-bond donors (Lipinski definition) is 1. The predicted molar refractivity (Wildman–Crippen MR) is 105 cm³/mol. The smallest absolute Gasteiger partial charge is 0.296 e. The number of nitrogens with zero attached hydrogens (tertiary/aromatic N) is 4. The van der Waals surface area contributed by atoms with Crippen LogP contribution in [-0.2, 0) is 0 Å². The van der Waals surface area contributed by atoms with Gasteiger partial charge in [-0.05, 0) is 44.1 Å². The molecular formula is C19H18FN5O3S. The standard InChI is InChI=1S/C19H18FN5O3S/c1-9-6-12(15-14(27-3)8-22-10(2)16(15)20)13(7-21-9)17(26)23-18-24-25-19(29-18)28-11-4-5-11/h6-8,11H,4-5H2,1-3H3,(H,23,24,26). The Kier molecular flexibility index (Phi) is 5.10. The summed E-state index contributed by atoms with van der Waals surface area (Å²) in [5.41, 5.74) is 1.52. The molecule has 3 aromatic heterocycles. The molecule has 10 heteroatoms. The molecule has 1 fully saturated rings. The van der Waals surface area contributed by atoms with Crippen LogP contribution in [0.2, 0.25) is 0 Å². The third-order valence-electron chi connectivity index (χ3n) is 4.35. The predicted octanol–water partition coefficient (Wildman–Crippen LogP) is 3.55. The van der Waals surface area contributed by atoms with Gasteiger partial charge in [0.2, 0.25) is 5.13 Å². The number of aromatic nitrogens is 4. The molecule has 0 spiro atoms. The van der Waals surface area contributed by atoms with Gasteiger partial charge in [-0.2, -0.15) is 0 Å². The van der Waals surface area contributed by atoms with Crippen LogP contribution in [0, 0.1) is 19.7 Å². The molecule has 3 aromatic rings. The Labute approximate surface area is 170 Å². The average molecular weight is 415 g/mol. The van der Waals surface area contributed by atoms with Crippen LogP contribution >= 0.6 is 11.3 Å². The molecule has 0 aliphatic heterocycles. The number of hydrogen-bond acceptors (Lipinski definition) is 8. The first kappa shape index (κ1) is 19.2. The van der Waals surface area contributed by atoms with E-state index in [0.717, 1.165) is 24.2 Å². The molecule has 1 aliphatic rings. The summed E-state index contributed by atoms with van der Waals surface area (Å²) >= 11 is 1.14. The molecule has 1 saturated carbocycles. The van der Waals surface area contributed by atoms with Crippen LogP contribution in [0.15, 0.2) is 18.5 Å². The fourth-order valence-electron chi connectivity index (χ4n) is 2.72. The topological polar surface area (TPSA) is 99.1 Å². The third kappa shape index (κ3) is 4.02. The highest BCUT2D eigenvalue weighted by Gasteiger charge is 2.26. The number of amides is 1. The number of methoxy groups -OCH3 is 1. The molecule has 0 atom stereocenters. The van der Waals surface area contributed by atoms with E-state index in [4.69, 9.17) is 9.47 Å². The first-order valence-electron chi connectivity index (χ1n) is 8.94. The van der Waals surface area contributed by atoms with Crippen molar-refractivity contribution in [1.82, 2.24) is 20.2 Å². The van der Waals surface area contributed by atoms with E-state index in [0.29, 0.717) is 16.5 Å². The summed E-state index contributed by atoms with van der Waals surface area (Å²) < 4.78 is 25.8. The molecule has 29 heavy (non-hydrogen) atoms. The summed E-state index contributed by atoms with van der Waals surface area (Å²) in [7, 11) is 1.42. The van der Waals surface area contributed by atoms with E-state index in [1.807, 2.05) is 0 Å². The Bertz CT molecular complexity index is 1080. The summed E-state index contributed by atoms with van der Waals surface area (Å²) in [5, 5.41) is 11.2. The lowest BCUT2D eigenvalue weighted by atomic mass is 9.99. The molecule has 0 unspecified atom stereocenters. The maximum absolute atomic E-state index is 14.9. The van der Waals surface area contributed by atoms with Crippen molar-refractivity contribution in [2.75, 3.05) is 12.4 Å². The highest BCUT2D eigenvalue weighted by atomic mass is 32.1. The van der Waals surface area contributed by atoms with Crippen molar-refractivity contribution < 1.29 is 18.7 Å². The van der Waals surface area contributed by atoms with Gasteiger partial charge in [-0.15, -0.1) is 5.10 Å². The van der Waals surface area contributed by atoms with E-state index in [1.165, 1.54) is 19.5 Å². The second kappa shape index (κ2) is 7.70.